The molecule has 13 heavy (non-hydrogen) atoms. The van der Waals surface area contributed by atoms with Crippen LogP contribution in [0.3, 0.4) is 0 Å². The third-order valence-corrected chi connectivity index (χ3v) is 2.10. The maximum Gasteiger partial charge on any atom is 0.306 e. The van der Waals surface area contributed by atoms with Gasteiger partial charge >= 0.3 is 5.97 Å². The quantitative estimate of drug-likeness (QED) is 0.663. The fourth-order valence-electron chi connectivity index (χ4n) is 1.22. The summed E-state index contributed by atoms with van der Waals surface area (Å²) in [6.45, 7) is 3.53. The Morgan fingerprint density at radius 2 is 1.92 bits per heavy atom. The number of rotatable bonds is 7. The van der Waals surface area contributed by atoms with Gasteiger partial charge in [0, 0.05) is 6.42 Å². The lowest BCUT2D eigenvalue weighted by atomic mass is 9.96. The highest BCUT2D eigenvalue weighted by atomic mass is 16.4. The minimum Gasteiger partial charge on any atom is -0.481 e. The van der Waals surface area contributed by atoms with Gasteiger partial charge in [0.15, 0.2) is 0 Å². The summed E-state index contributed by atoms with van der Waals surface area (Å²) in [5.41, 5.74) is 0. The lowest BCUT2D eigenvalue weighted by Gasteiger charge is -2.09. The minimum absolute atomic E-state index is 0.0720. The van der Waals surface area contributed by atoms with E-state index in [1.165, 1.54) is 6.92 Å². The molecule has 0 aliphatic heterocycles. The van der Waals surface area contributed by atoms with Crippen LogP contribution in [-0.2, 0) is 9.59 Å². The van der Waals surface area contributed by atoms with Crippen LogP contribution in [0, 0.1) is 5.92 Å². The van der Waals surface area contributed by atoms with E-state index in [0.29, 0.717) is 19.3 Å². The van der Waals surface area contributed by atoms with Gasteiger partial charge in [-0.05, 0) is 19.8 Å². The van der Waals surface area contributed by atoms with Crippen molar-refractivity contribution in [3.63, 3.8) is 0 Å². The highest BCUT2D eigenvalue weighted by Crippen LogP contribution is 2.15. The maximum absolute atomic E-state index is 10.7. The maximum atomic E-state index is 10.7. The van der Waals surface area contributed by atoms with Gasteiger partial charge < -0.3 is 9.90 Å². The highest BCUT2D eigenvalue weighted by molar-refractivity contribution is 5.76. The zero-order chi connectivity index (χ0) is 10.3. The third kappa shape index (κ3) is 6.31. The fourth-order valence-corrected chi connectivity index (χ4v) is 1.22. The fraction of sp³-hybridized carbons (Fsp3) is 0.800. The largest absolute Gasteiger partial charge is 0.481 e. The summed E-state index contributed by atoms with van der Waals surface area (Å²) in [6.07, 6.45) is 3.50. The smallest absolute Gasteiger partial charge is 0.306 e. The molecule has 0 spiro atoms. The van der Waals surface area contributed by atoms with E-state index in [1.807, 2.05) is 6.92 Å². The normalized spacial score (nSPS) is 12.5. The Labute approximate surface area is 79.1 Å². The first-order valence-electron chi connectivity index (χ1n) is 4.80. The van der Waals surface area contributed by atoms with Crippen LogP contribution in [0.5, 0.6) is 0 Å². The summed E-state index contributed by atoms with van der Waals surface area (Å²) in [6, 6.07) is 0. The Hall–Kier alpha value is -0.860. The Kier molecular flexibility index (Phi) is 6.20. The molecule has 0 saturated carbocycles. The van der Waals surface area contributed by atoms with Gasteiger partial charge in [-0.2, -0.15) is 0 Å². The van der Waals surface area contributed by atoms with Crippen molar-refractivity contribution in [2.24, 2.45) is 5.92 Å². The van der Waals surface area contributed by atoms with E-state index < -0.39 is 5.97 Å². The van der Waals surface area contributed by atoms with Gasteiger partial charge in [0.25, 0.3) is 0 Å². The number of carboxylic acids is 1. The van der Waals surface area contributed by atoms with Gasteiger partial charge in [0.05, 0.1) is 5.92 Å². The van der Waals surface area contributed by atoms with Gasteiger partial charge in [-0.1, -0.05) is 19.8 Å². The number of hydrogen-bond donors (Lipinski definition) is 1. The van der Waals surface area contributed by atoms with Crippen molar-refractivity contribution in [3.05, 3.63) is 0 Å². The Balaban J connectivity index is 3.80. The summed E-state index contributed by atoms with van der Waals surface area (Å²) in [7, 11) is 0. The molecule has 0 aromatic heterocycles. The first-order chi connectivity index (χ1) is 6.07. The number of hydrogen-bond acceptors (Lipinski definition) is 2. The number of Topliss-reactive ketones (excluding diaryl/α,β-unsaturated/α-hetero) is 1. The number of carbonyl (C=O) groups is 2. The predicted octanol–water partition coefficient (Wildman–Crippen LogP) is 2.25. The van der Waals surface area contributed by atoms with E-state index in [-0.39, 0.29) is 11.7 Å². The second-order valence-electron chi connectivity index (χ2n) is 3.42. The molecule has 0 aromatic carbocycles. The first-order valence-corrected chi connectivity index (χ1v) is 4.80. The molecule has 0 amide bonds. The minimum atomic E-state index is -0.769. The van der Waals surface area contributed by atoms with Gasteiger partial charge in [-0.15, -0.1) is 0 Å². The molecule has 0 aromatic rings. The average Bonchev–Trinajstić information content (AvgIpc) is 2.03. The summed E-state index contributed by atoms with van der Waals surface area (Å²) in [4.78, 5) is 21.4. The van der Waals surface area contributed by atoms with Crippen LogP contribution in [0.2, 0.25) is 0 Å². The van der Waals surface area contributed by atoms with Crippen LogP contribution >= 0.6 is 0 Å². The van der Waals surface area contributed by atoms with Crippen LogP contribution in [0.4, 0.5) is 0 Å². The van der Waals surface area contributed by atoms with Crippen molar-refractivity contribution in [2.45, 2.75) is 46.0 Å². The monoisotopic (exact) mass is 186 g/mol. The Morgan fingerprint density at radius 1 is 1.31 bits per heavy atom. The standard InChI is InChI=1S/C10H18O3/c1-3-4-5-9(10(12)13)7-6-8(2)11/h9H,3-7H2,1-2H3,(H,12,13)/t9-/m1/s1. The van der Waals surface area contributed by atoms with E-state index >= 15 is 0 Å². The van der Waals surface area contributed by atoms with Gasteiger partial charge in [-0.25, -0.2) is 0 Å². The molecule has 0 saturated heterocycles. The highest BCUT2D eigenvalue weighted by Gasteiger charge is 2.16. The molecule has 0 fully saturated rings. The predicted molar refractivity (Wildman–Crippen MR) is 50.6 cm³/mol. The molecule has 3 heteroatoms. The summed E-state index contributed by atoms with van der Waals surface area (Å²) >= 11 is 0. The van der Waals surface area contributed by atoms with E-state index in [9.17, 15) is 9.59 Å². The van der Waals surface area contributed by atoms with Gasteiger partial charge in [0.1, 0.15) is 5.78 Å². The number of unbranched alkanes of at least 4 members (excludes halogenated alkanes) is 1. The third-order valence-electron chi connectivity index (χ3n) is 2.10. The van der Waals surface area contributed by atoms with Crippen LogP contribution in [-0.4, -0.2) is 16.9 Å². The van der Waals surface area contributed by atoms with E-state index in [1.54, 1.807) is 0 Å². The lowest BCUT2D eigenvalue weighted by Crippen LogP contribution is -2.14. The zero-order valence-corrected chi connectivity index (χ0v) is 8.38. The summed E-state index contributed by atoms with van der Waals surface area (Å²) in [5.74, 6) is -1.03. The van der Waals surface area contributed by atoms with E-state index in [4.69, 9.17) is 5.11 Å². The molecule has 0 aliphatic carbocycles. The van der Waals surface area contributed by atoms with Gasteiger partial charge in [-0.3, -0.25) is 4.79 Å². The van der Waals surface area contributed by atoms with Crippen molar-refractivity contribution in [3.8, 4) is 0 Å². The first kappa shape index (κ1) is 12.1. The van der Waals surface area contributed by atoms with Crippen LogP contribution in [0.1, 0.15) is 46.0 Å². The SMILES string of the molecule is CCCC[C@H](CCC(C)=O)C(=O)O. The second kappa shape index (κ2) is 6.63. The molecule has 0 heterocycles. The van der Waals surface area contributed by atoms with Crippen molar-refractivity contribution < 1.29 is 14.7 Å². The molecule has 3 nitrogen and oxygen atoms in total. The molecule has 1 atom stereocenters. The molecular weight excluding hydrogens is 168 g/mol. The molecule has 0 aliphatic rings. The second-order valence-corrected chi connectivity index (χ2v) is 3.42. The van der Waals surface area contributed by atoms with Crippen molar-refractivity contribution in [1.82, 2.24) is 0 Å². The van der Waals surface area contributed by atoms with Crippen molar-refractivity contribution >= 4 is 11.8 Å². The van der Waals surface area contributed by atoms with Gasteiger partial charge in [0.2, 0.25) is 0 Å². The molecule has 0 bridgehead atoms. The molecule has 1 N–H and O–H groups in total. The topological polar surface area (TPSA) is 54.4 Å². The average molecular weight is 186 g/mol. The number of ketones is 1. The van der Waals surface area contributed by atoms with E-state index in [0.717, 1.165) is 12.8 Å². The molecule has 0 radical (unpaired) electrons. The van der Waals surface area contributed by atoms with Crippen LogP contribution < -0.4 is 0 Å². The summed E-state index contributed by atoms with van der Waals surface area (Å²) in [5, 5.41) is 8.80. The molecule has 0 rings (SSSR count). The van der Waals surface area contributed by atoms with Crippen LogP contribution in [0.15, 0.2) is 0 Å². The van der Waals surface area contributed by atoms with Crippen LogP contribution in [0.25, 0.3) is 0 Å². The number of aliphatic carboxylic acids is 1. The molecule has 76 valence electrons. The number of carboxylic acid groups (broad SMARTS) is 1. The van der Waals surface area contributed by atoms with E-state index in [2.05, 4.69) is 0 Å². The Morgan fingerprint density at radius 3 is 2.31 bits per heavy atom. The van der Waals surface area contributed by atoms with Crippen molar-refractivity contribution in [2.75, 3.05) is 0 Å². The molecule has 0 unspecified atom stereocenters. The zero-order valence-electron chi connectivity index (χ0n) is 8.38. The molecular formula is C10H18O3. The van der Waals surface area contributed by atoms with Crippen molar-refractivity contribution in [1.29, 1.82) is 0 Å². The Bertz CT molecular complexity index is 175. The lowest BCUT2D eigenvalue weighted by molar-refractivity contribution is -0.142. The summed E-state index contributed by atoms with van der Waals surface area (Å²) < 4.78 is 0. The number of carbonyl (C=O) groups excluding carboxylic acids is 1.